The highest BCUT2D eigenvalue weighted by atomic mass is 16.2. The molecule has 2 unspecified atom stereocenters. The second kappa shape index (κ2) is 3.74. The van der Waals surface area contributed by atoms with Gasteiger partial charge in [-0.15, -0.1) is 0 Å². The maximum Gasteiger partial charge on any atom is 0.246 e. The van der Waals surface area contributed by atoms with Crippen LogP contribution in [0.4, 0.5) is 0 Å². The summed E-state index contributed by atoms with van der Waals surface area (Å²) in [6, 6.07) is 0.403. The smallest absolute Gasteiger partial charge is 0.246 e. The molecule has 1 amide bonds. The summed E-state index contributed by atoms with van der Waals surface area (Å²) < 4.78 is 0. The van der Waals surface area contributed by atoms with Crippen LogP contribution in [-0.4, -0.2) is 23.4 Å². The third-order valence-corrected chi connectivity index (χ3v) is 2.90. The van der Waals surface area contributed by atoms with Gasteiger partial charge in [-0.2, -0.15) is 0 Å². The summed E-state index contributed by atoms with van der Waals surface area (Å²) in [5.41, 5.74) is 0. The van der Waals surface area contributed by atoms with Gasteiger partial charge in [0.2, 0.25) is 5.91 Å². The Morgan fingerprint density at radius 3 is 2.83 bits per heavy atom. The molecule has 12 heavy (non-hydrogen) atoms. The van der Waals surface area contributed by atoms with Gasteiger partial charge in [0, 0.05) is 12.6 Å². The Morgan fingerprint density at radius 1 is 1.75 bits per heavy atom. The molecule has 1 aliphatic rings. The molecule has 2 nitrogen and oxygen atoms in total. The van der Waals surface area contributed by atoms with E-state index in [4.69, 9.17) is 0 Å². The first-order chi connectivity index (χ1) is 5.70. The van der Waals surface area contributed by atoms with Crippen LogP contribution in [0.25, 0.3) is 0 Å². The number of rotatable bonds is 2. The van der Waals surface area contributed by atoms with Crippen molar-refractivity contribution >= 4 is 5.91 Å². The van der Waals surface area contributed by atoms with Gasteiger partial charge in [0.25, 0.3) is 0 Å². The van der Waals surface area contributed by atoms with Gasteiger partial charge < -0.3 is 4.90 Å². The highest BCUT2D eigenvalue weighted by Crippen LogP contribution is 2.26. The topological polar surface area (TPSA) is 20.3 Å². The van der Waals surface area contributed by atoms with Gasteiger partial charge in [0.15, 0.2) is 0 Å². The SMILES string of the molecule is C=CC(=O)N1CCC(CC)C1C. The van der Waals surface area contributed by atoms with Crippen LogP contribution in [-0.2, 0) is 4.79 Å². The minimum Gasteiger partial charge on any atom is -0.336 e. The molecule has 1 fully saturated rings. The van der Waals surface area contributed by atoms with Crippen molar-refractivity contribution in [3.63, 3.8) is 0 Å². The van der Waals surface area contributed by atoms with E-state index in [2.05, 4.69) is 20.4 Å². The molecule has 0 aromatic heterocycles. The Bertz CT molecular complexity index is 188. The first-order valence-corrected chi connectivity index (χ1v) is 4.63. The van der Waals surface area contributed by atoms with Crippen molar-refractivity contribution in [3.05, 3.63) is 12.7 Å². The molecule has 0 radical (unpaired) electrons. The predicted molar refractivity (Wildman–Crippen MR) is 49.8 cm³/mol. The van der Waals surface area contributed by atoms with Gasteiger partial charge in [-0.3, -0.25) is 4.79 Å². The van der Waals surface area contributed by atoms with Crippen molar-refractivity contribution < 1.29 is 4.79 Å². The van der Waals surface area contributed by atoms with Gasteiger partial charge in [0.05, 0.1) is 0 Å². The molecular formula is C10H17NO. The fourth-order valence-corrected chi connectivity index (χ4v) is 1.98. The number of carbonyl (C=O) groups excluding carboxylic acids is 1. The van der Waals surface area contributed by atoms with Crippen LogP contribution in [0.1, 0.15) is 26.7 Å². The van der Waals surface area contributed by atoms with E-state index in [0.29, 0.717) is 12.0 Å². The molecule has 0 N–H and O–H groups in total. The lowest BCUT2D eigenvalue weighted by Crippen LogP contribution is -2.34. The number of hydrogen-bond acceptors (Lipinski definition) is 1. The molecule has 2 atom stereocenters. The number of likely N-dealkylation sites (tertiary alicyclic amines) is 1. The Morgan fingerprint density at radius 2 is 2.42 bits per heavy atom. The average Bonchev–Trinajstić information content (AvgIpc) is 2.45. The zero-order valence-electron chi connectivity index (χ0n) is 7.92. The number of nitrogens with zero attached hydrogens (tertiary/aromatic N) is 1. The predicted octanol–water partition coefficient (Wildman–Crippen LogP) is 1.82. The van der Waals surface area contributed by atoms with Gasteiger partial charge in [0.1, 0.15) is 0 Å². The summed E-state index contributed by atoms with van der Waals surface area (Å²) in [6.45, 7) is 8.72. The third kappa shape index (κ3) is 1.52. The molecule has 0 aliphatic carbocycles. The maximum atomic E-state index is 11.3. The highest BCUT2D eigenvalue weighted by Gasteiger charge is 2.30. The Hall–Kier alpha value is -0.790. The van der Waals surface area contributed by atoms with E-state index >= 15 is 0 Å². The van der Waals surface area contributed by atoms with Gasteiger partial charge in [-0.1, -0.05) is 19.9 Å². The standard InChI is InChI=1S/C10H17NO/c1-4-9-6-7-11(8(9)3)10(12)5-2/h5,8-9H,2,4,6-7H2,1,3H3. The van der Waals surface area contributed by atoms with Crippen LogP contribution >= 0.6 is 0 Å². The largest absolute Gasteiger partial charge is 0.336 e. The quantitative estimate of drug-likeness (QED) is 0.574. The number of hydrogen-bond donors (Lipinski definition) is 0. The third-order valence-electron chi connectivity index (χ3n) is 2.90. The molecule has 1 heterocycles. The van der Waals surface area contributed by atoms with Crippen LogP contribution in [0.15, 0.2) is 12.7 Å². The van der Waals surface area contributed by atoms with E-state index in [-0.39, 0.29) is 5.91 Å². The van der Waals surface area contributed by atoms with Crippen LogP contribution in [0.2, 0.25) is 0 Å². The Balaban J connectivity index is 2.59. The molecule has 1 aliphatic heterocycles. The highest BCUT2D eigenvalue weighted by molar-refractivity contribution is 5.87. The summed E-state index contributed by atoms with van der Waals surface area (Å²) in [7, 11) is 0. The van der Waals surface area contributed by atoms with Crippen molar-refractivity contribution in [2.45, 2.75) is 32.7 Å². The van der Waals surface area contributed by atoms with Crippen molar-refractivity contribution in [3.8, 4) is 0 Å². The summed E-state index contributed by atoms with van der Waals surface area (Å²) in [4.78, 5) is 13.2. The van der Waals surface area contributed by atoms with E-state index in [9.17, 15) is 4.79 Å². The monoisotopic (exact) mass is 167 g/mol. The molecule has 68 valence electrons. The Labute approximate surface area is 74.2 Å². The van der Waals surface area contributed by atoms with Gasteiger partial charge in [-0.05, 0) is 25.3 Å². The van der Waals surface area contributed by atoms with Crippen LogP contribution < -0.4 is 0 Å². The molecule has 0 aromatic carbocycles. The van der Waals surface area contributed by atoms with E-state index in [0.717, 1.165) is 13.0 Å². The van der Waals surface area contributed by atoms with E-state index in [1.54, 1.807) is 0 Å². The second-order valence-corrected chi connectivity index (χ2v) is 3.43. The molecule has 0 spiro atoms. The van der Waals surface area contributed by atoms with Crippen molar-refractivity contribution in [2.75, 3.05) is 6.54 Å². The summed E-state index contributed by atoms with van der Waals surface area (Å²) >= 11 is 0. The fraction of sp³-hybridized carbons (Fsp3) is 0.700. The van der Waals surface area contributed by atoms with Crippen LogP contribution in [0.5, 0.6) is 0 Å². The minimum atomic E-state index is 0.0819. The minimum absolute atomic E-state index is 0.0819. The summed E-state index contributed by atoms with van der Waals surface area (Å²) in [6.07, 6.45) is 3.73. The molecule has 1 rings (SSSR count). The molecule has 2 heteroatoms. The molecule has 0 aromatic rings. The van der Waals surface area contributed by atoms with Crippen molar-refractivity contribution in [2.24, 2.45) is 5.92 Å². The van der Waals surface area contributed by atoms with E-state index < -0.39 is 0 Å². The summed E-state index contributed by atoms with van der Waals surface area (Å²) in [5, 5.41) is 0. The molecule has 0 bridgehead atoms. The van der Waals surface area contributed by atoms with E-state index in [1.165, 1.54) is 12.5 Å². The van der Waals surface area contributed by atoms with Gasteiger partial charge in [-0.25, -0.2) is 0 Å². The number of amides is 1. The summed E-state index contributed by atoms with van der Waals surface area (Å²) in [5.74, 6) is 0.771. The lowest BCUT2D eigenvalue weighted by molar-refractivity contribution is -0.126. The Kier molecular flexibility index (Phi) is 2.90. The first kappa shape index (κ1) is 9.30. The number of carbonyl (C=O) groups is 1. The van der Waals surface area contributed by atoms with E-state index in [1.807, 2.05) is 4.90 Å². The average molecular weight is 167 g/mol. The van der Waals surface area contributed by atoms with Crippen LogP contribution in [0, 0.1) is 5.92 Å². The van der Waals surface area contributed by atoms with Crippen molar-refractivity contribution in [1.82, 2.24) is 4.90 Å². The maximum absolute atomic E-state index is 11.3. The van der Waals surface area contributed by atoms with Gasteiger partial charge >= 0.3 is 0 Å². The first-order valence-electron chi connectivity index (χ1n) is 4.63. The lowest BCUT2D eigenvalue weighted by atomic mass is 9.99. The zero-order chi connectivity index (χ0) is 9.14. The molecular weight excluding hydrogens is 150 g/mol. The van der Waals surface area contributed by atoms with Crippen LogP contribution in [0.3, 0.4) is 0 Å². The lowest BCUT2D eigenvalue weighted by Gasteiger charge is -2.22. The normalized spacial score (nSPS) is 29.0. The second-order valence-electron chi connectivity index (χ2n) is 3.43. The van der Waals surface area contributed by atoms with Crippen molar-refractivity contribution in [1.29, 1.82) is 0 Å². The molecule has 1 saturated heterocycles. The fourth-order valence-electron chi connectivity index (χ4n) is 1.98. The molecule has 0 saturated carbocycles. The zero-order valence-corrected chi connectivity index (χ0v) is 7.92.